The number of carbonyl (C=O) groups excluding carboxylic acids is 1. The number of anilines is 2. The minimum Gasteiger partial charge on any atom is -0.493 e. The zero-order chi connectivity index (χ0) is 25.4. The lowest BCUT2D eigenvalue weighted by atomic mass is 10.1. The van der Waals surface area contributed by atoms with Gasteiger partial charge in [-0.2, -0.15) is 0 Å². The van der Waals surface area contributed by atoms with Gasteiger partial charge in [0.2, 0.25) is 5.75 Å². The van der Waals surface area contributed by atoms with Crippen LogP contribution in [-0.2, 0) is 0 Å². The van der Waals surface area contributed by atoms with Gasteiger partial charge in [0.05, 0.1) is 38.6 Å². The lowest BCUT2D eigenvalue weighted by molar-refractivity contribution is 0.104. The molecule has 3 N–H and O–H groups in total. The van der Waals surface area contributed by atoms with Crippen molar-refractivity contribution in [3.8, 4) is 23.0 Å². The third-order valence-corrected chi connectivity index (χ3v) is 5.71. The molecule has 0 fully saturated rings. The summed E-state index contributed by atoms with van der Waals surface area (Å²) in [4.78, 5) is 12.5. The van der Waals surface area contributed by atoms with E-state index < -0.39 is 0 Å². The molecule has 0 aliphatic heterocycles. The van der Waals surface area contributed by atoms with Gasteiger partial charge in [0, 0.05) is 23.5 Å². The van der Waals surface area contributed by atoms with Gasteiger partial charge < -0.3 is 30.0 Å². The maximum atomic E-state index is 12.5. The van der Waals surface area contributed by atoms with Gasteiger partial charge in [-0.1, -0.05) is 24.3 Å². The molecule has 0 aliphatic carbocycles. The highest BCUT2D eigenvalue weighted by atomic mass is 79.9. The number of nitrogen functional groups attached to an aromatic ring is 1. The van der Waals surface area contributed by atoms with Gasteiger partial charge >= 0.3 is 0 Å². The van der Waals surface area contributed by atoms with E-state index in [2.05, 4.69) is 21.2 Å². The van der Waals surface area contributed by atoms with E-state index in [0.29, 0.717) is 39.9 Å². The number of halogens is 1. The van der Waals surface area contributed by atoms with Crippen molar-refractivity contribution >= 4 is 45.2 Å². The van der Waals surface area contributed by atoms with Crippen molar-refractivity contribution in [3.05, 3.63) is 82.0 Å². The Hall–Kier alpha value is -3.91. The molecule has 182 valence electrons. The van der Waals surface area contributed by atoms with Gasteiger partial charge in [-0.05, 0) is 63.5 Å². The fraction of sp³-hybridized carbons (Fsp3) is 0.148. The zero-order valence-electron chi connectivity index (χ0n) is 19.9. The molecule has 3 aromatic rings. The standard InChI is InChI=1S/C27H27BrN2O5/c1-32-24-15-18(16-25(33-2)27(24)35-4)10-9-17-13-20(28)26(34-3)22(14-17)30-12-11-23(31)19-7-5-6-8-21(19)29/h5-16,30H,29H2,1-4H3. The average molecular weight is 539 g/mol. The smallest absolute Gasteiger partial charge is 0.203 e. The van der Waals surface area contributed by atoms with E-state index in [1.54, 1.807) is 58.9 Å². The van der Waals surface area contributed by atoms with Crippen LogP contribution in [0.1, 0.15) is 21.5 Å². The Morgan fingerprint density at radius 2 is 1.46 bits per heavy atom. The lowest BCUT2D eigenvalue weighted by Crippen LogP contribution is -2.01. The van der Waals surface area contributed by atoms with Crippen molar-refractivity contribution in [1.82, 2.24) is 0 Å². The molecule has 3 rings (SSSR count). The summed E-state index contributed by atoms with van der Waals surface area (Å²) < 4.78 is 22.5. The number of nitrogens with one attached hydrogen (secondary N) is 1. The van der Waals surface area contributed by atoms with Crippen molar-refractivity contribution in [2.24, 2.45) is 0 Å². The first kappa shape index (κ1) is 25.7. The van der Waals surface area contributed by atoms with Crippen LogP contribution < -0.4 is 30.0 Å². The molecule has 0 heterocycles. The van der Waals surface area contributed by atoms with E-state index in [1.807, 2.05) is 36.4 Å². The van der Waals surface area contributed by atoms with Crippen LogP contribution in [-0.4, -0.2) is 34.2 Å². The number of rotatable bonds is 10. The normalized spacial score (nSPS) is 11.0. The van der Waals surface area contributed by atoms with E-state index in [-0.39, 0.29) is 5.78 Å². The fourth-order valence-electron chi connectivity index (χ4n) is 3.43. The Labute approximate surface area is 213 Å². The second-order valence-corrected chi connectivity index (χ2v) is 8.16. The monoisotopic (exact) mass is 538 g/mol. The molecule has 35 heavy (non-hydrogen) atoms. The molecular formula is C27H27BrN2O5. The van der Waals surface area contributed by atoms with Crippen molar-refractivity contribution in [3.63, 3.8) is 0 Å². The number of methoxy groups -OCH3 is 4. The second-order valence-electron chi connectivity index (χ2n) is 7.30. The van der Waals surface area contributed by atoms with Gasteiger partial charge in [0.15, 0.2) is 23.0 Å². The molecule has 8 heteroatoms. The molecule has 0 unspecified atom stereocenters. The Morgan fingerprint density at radius 1 is 0.857 bits per heavy atom. The van der Waals surface area contributed by atoms with Crippen LogP contribution in [0.5, 0.6) is 23.0 Å². The van der Waals surface area contributed by atoms with Crippen LogP contribution in [0, 0.1) is 0 Å². The number of para-hydroxylation sites is 1. The molecule has 0 saturated carbocycles. The lowest BCUT2D eigenvalue weighted by Gasteiger charge is -2.13. The fourth-order valence-corrected chi connectivity index (χ4v) is 4.07. The van der Waals surface area contributed by atoms with Crippen LogP contribution in [0.25, 0.3) is 12.2 Å². The average Bonchev–Trinajstić information content (AvgIpc) is 2.86. The highest BCUT2D eigenvalue weighted by Crippen LogP contribution is 2.39. The maximum Gasteiger partial charge on any atom is 0.203 e. The van der Waals surface area contributed by atoms with Crippen LogP contribution in [0.4, 0.5) is 11.4 Å². The molecule has 7 nitrogen and oxygen atoms in total. The number of ketones is 1. The first-order valence-corrected chi connectivity index (χ1v) is 11.4. The molecule has 3 aromatic carbocycles. The number of benzene rings is 3. The topological polar surface area (TPSA) is 92.0 Å². The Morgan fingerprint density at radius 3 is 2.03 bits per heavy atom. The summed E-state index contributed by atoms with van der Waals surface area (Å²) in [6.07, 6.45) is 6.86. The summed E-state index contributed by atoms with van der Waals surface area (Å²) in [6, 6.07) is 14.5. The molecule has 0 bridgehead atoms. The molecule has 0 spiro atoms. The molecule has 0 aromatic heterocycles. The SMILES string of the molecule is COc1cc(C=Cc2cc(Br)c(OC)c(NC=CC(=O)c3ccccc3N)c2)cc(OC)c1OC. The van der Waals surface area contributed by atoms with E-state index >= 15 is 0 Å². The molecule has 0 saturated heterocycles. The highest BCUT2D eigenvalue weighted by Gasteiger charge is 2.13. The van der Waals surface area contributed by atoms with Crippen LogP contribution >= 0.6 is 15.9 Å². The van der Waals surface area contributed by atoms with Crippen LogP contribution in [0.15, 0.2) is 65.3 Å². The van der Waals surface area contributed by atoms with Crippen molar-refractivity contribution in [2.45, 2.75) is 0 Å². The molecule has 0 aliphatic rings. The number of carbonyl (C=O) groups is 1. The van der Waals surface area contributed by atoms with E-state index in [9.17, 15) is 4.79 Å². The summed E-state index contributed by atoms with van der Waals surface area (Å²) in [6.45, 7) is 0. The summed E-state index contributed by atoms with van der Waals surface area (Å²) in [7, 11) is 6.30. The van der Waals surface area contributed by atoms with Gasteiger partial charge in [0.1, 0.15) is 0 Å². The predicted molar refractivity (Wildman–Crippen MR) is 144 cm³/mol. The van der Waals surface area contributed by atoms with Crippen LogP contribution in [0.3, 0.4) is 0 Å². The largest absolute Gasteiger partial charge is 0.493 e. The first-order chi connectivity index (χ1) is 16.9. The molecule has 0 atom stereocenters. The molecule has 0 amide bonds. The number of hydrogen-bond acceptors (Lipinski definition) is 7. The Kier molecular flexibility index (Phi) is 8.80. The summed E-state index contributed by atoms with van der Waals surface area (Å²) in [5.74, 6) is 2.07. The highest BCUT2D eigenvalue weighted by molar-refractivity contribution is 9.10. The summed E-state index contributed by atoms with van der Waals surface area (Å²) in [5, 5.41) is 3.13. The van der Waals surface area contributed by atoms with Gasteiger partial charge in [-0.25, -0.2) is 0 Å². The second kappa shape index (κ2) is 12.0. The van der Waals surface area contributed by atoms with Gasteiger partial charge in [-0.15, -0.1) is 0 Å². The summed E-state index contributed by atoms with van der Waals surface area (Å²) >= 11 is 3.55. The summed E-state index contributed by atoms with van der Waals surface area (Å²) in [5.41, 5.74) is 9.20. The quantitative estimate of drug-likeness (QED) is 0.140. The number of ether oxygens (including phenoxy) is 4. The Bertz CT molecular complexity index is 1250. The Balaban J connectivity index is 1.86. The minimum absolute atomic E-state index is 0.202. The molecule has 0 radical (unpaired) electrons. The molecular weight excluding hydrogens is 512 g/mol. The minimum atomic E-state index is -0.202. The van der Waals surface area contributed by atoms with Crippen LogP contribution in [0.2, 0.25) is 0 Å². The van der Waals surface area contributed by atoms with E-state index in [4.69, 9.17) is 24.7 Å². The van der Waals surface area contributed by atoms with E-state index in [0.717, 1.165) is 15.6 Å². The number of allylic oxidation sites excluding steroid dienone is 1. The van der Waals surface area contributed by atoms with Gasteiger partial charge in [-0.3, -0.25) is 4.79 Å². The number of nitrogens with two attached hydrogens (primary N) is 1. The zero-order valence-corrected chi connectivity index (χ0v) is 21.5. The van der Waals surface area contributed by atoms with Gasteiger partial charge in [0.25, 0.3) is 0 Å². The van der Waals surface area contributed by atoms with Crippen molar-refractivity contribution in [1.29, 1.82) is 0 Å². The van der Waals surface area contributed by atoms with Crippen molar-refractivity contribution < 1.29 is 23.7 Å². The third kappa shape index (κ3) is 6.16. The first-order valence-electron chi connectivity index (χ1n) is 10.6. The van der Waals surface area contributed by atoms with E-state index in [1.165, 1.54) is 6.08 Å². The predicted octanol–water partition coefficient (Wildman–Crippen LogP) is 6.04. The maximum absolute atomic E-state index is 12.5. The third-order valence-electron chi connectivity index (χ3n) is 5.13. The van der Waals surface area contributed by atoms with Crippen molar-refractivity contribution in [2.75, 3.05) is 39.5 Å². The number of hydrogen-bond donors (Lipinski definition) is 2.